The Hall–Kier alpha value is -3.47. The highest BCUT2D eigenvalue weighted by Gasteiger charge is 2.14. The minimum absolute atomic E-state index is 0.699. The summed E-state index contributed by atoms with van der Waals surface area (Å²) < 4.78 is 7.31. The summed E-state index contributed by atoms with van der Waals surface area (Å²) in [7, 11) is 1.66. The molecule has 0 saturated carbocycles. The van der Waals surface area contributed by atoms with E-state index in [1.165, 1.54) is 0 Å². The quantitative estimate of drug-likeness (QED) is 0.413. The Morgan fingerprint density at radius 1 is 0.963 bits per heavy atom. The molecular weight excluding hydrogens is 336 g/mol. The van der Waals surface area contributed by atoms with Gasteiger partial charge in [0.05, 0.1) is 12.8 Å². The van der Waals surface area contributed by atoms with E-state index in [2.05, 4.69) is 23.2 Å². The third-order valence-corrected chi connectivity index (χ3v) is 4.47. The maximum Gasteiger partial charge on any atom is 0.187 e. The van der Waals surface area contributed by atoms with Crippen molar-refractivity contribution in [2.24, 2.45) is 10.2 Å². The fraction of sp³-hybridized carbons (Fsp3) is 0.136. The Bertz CT molecular complexity index is 1110. The van der Waals surface area contributed by atoms with Gasteiger partial charge < -0.3 is 4.74 Å². The van der Waals surface area contributed by atoms with E-state index in [0.29, 0.717) is 5.82 Å². The van der Waals surface area contributed by atoms with Crippen LogP contribution >= 0.6 is 0 Å². The molecule has 134 valence electrons. The van der Waals surface area contributed by atoms with Crippen LogP contribution in [0.2, 0.25) is 0 Å². The number of rotatable bonds is 5. The molecule has 0 aliphatic heterocycles. The van der Waals surface area contributed by atoms with Gasteiger partial charge in [-0.15, -0.1) is 10.2 Å². The first-order valence-electron chi connectivity index (χ1n) is 8.91. The largest absolute Gasteiger partial charge is 0.497 e. The van der Waals surface area contributed by atoms with Crippen LogP contribution in [0.15, 0.2) is 83.2 Å². The predicted molar refractivity (Wildman–Crippen MR) is 107 cm³/mol. The molecule has 5 nitrogen and oxygen atoms in total. The van der Waals surface area contributed by atoms with E-state index >= 15 is 0 Å². The van der Waals surface area contributed by atoms with Gasteiger partial charge in [-0.25, -0.2) is 4.98 Å². The molecule has 0 unspecified atom stereocenters. The predicted octanol–water partition coefficient (Wildman–Crippen LogP) is 5.99. The highest BCUT2D eigenvalue weighted by molar-refractivity contribution is 5.75. The molecular formula is C22H20N4O. The number of azo groups is 1. The maximum atomic E-state index is 5.36. The zero-order valence-electron chi connectivity index (χ0n) is 15.3. The van der Waals surface area contributed by atoms with Crippen molar-refractivity contribution in [2.45, 2.75) is 13.3 Å². The molecule has 0 atom stereocenters. The molecule has 2 heterocycles. The minimum atomic E-state index is 0.699. The van der Waals surface area contributed by atoms with Crippen molar-refractivity contribution in [1.29, 1.82) is 0 Å². The standard InChI is InChI=1S/C22H20N4O/c1-3-16-9-4-5-12-19(16)24-25-22-21(17-10-8-11-18(15-17)27-2)23-20-13-6-7-14-26(20)22/h4-15H,3H2,1-2H3. The minimum Gasteiger partial charge on any atom is -0.497 e. The summed E-state index contributed by atoms with van der Waals surface area (Å²) in [5.41, 5.74) is 4.59. The van der Waals surface area contributed by atoms with Crippen LogP contribution in [0.3, 0.4) is 0 Å². The van der Waals surface area contributed by atoms with Crippen LogP contribution in [0.25, 0.3) is 16.9 Å². The van der Waals surface area contributed by atoms with Crippen LogP contribution in [0, 0.1) is 0 Å². The summed E-state index contributed by atoms with van der Waals surface area (Å²) >= 11 is 0. The number of fused-ring (bicyclic) bond motifs is 1. The van der Waals surface area contributed by atoms with E-state index in [4.69, 9.17) is 9.72 Å². The Morgan fingerprint density at radius 3 is 2.67 bits per heavy atom. The number of benzene rings is 2. The molecule has 0 fully saturated rings. The number of pyridine rings is 1. The van der Waals surface area contributed by atoms with Gasteiger partial charge in [0, 0.05) is 11.8 Å². The molecule has 0 saturated heterocycles. The molecule has 5 heteroatoms. The molecule has 0 amide bonds. The SMILES string of the molecule is CCc1ccccc1N=Nc1c(-c2cccc(OC)c2)nc2ccccn12. The molecule has 4 aromatic rings. The monoisotopic (exact) mass is 356 g/mol. The number of aryl methyl sites for hydroxylation is 1. The fourth-order valence-electron chi connectivity index (χ4n) is 3.05. The Kier molecular flexibility index (Phi) is 4.66. The lowest BCUT2D eigenvalue weighted by molar-refractivity contribution is 0.415. The summed E-state index contributed by atoms with van der Waals surface area (Å²) in [5, 5.41) is 9.12. The Labute approximate surface area is 158 Å². The molecule has 0 radical (unpaired) electrons. The summed E-state index contributed by atoms with van der Waals surface area (Å²) in [6, 6.07) is 21.8. The van der Waals surface area contributed by atoms with Crippen LogP contribution in [0.4, 0.5) is 11.5 Å². The van der Waals surface area contributed by atoms with Gasteiger partial charge in [0.15, 0.2) is 5.82 Å². The van der Waals surface area contributed by atoms with Gasteiger partial charge >= 0.3 is 0 Å². The van der Waals surface area contributed by atoms with Crippen molar-refractivity contribution in [3.8, 4) is 17.0 Å². The second-order valence-electron chi connectivity index (χ2n) is 6.13. The lowest BCUT2D eigenvalue weighted by atomic mass is 10.1. The number of imidazole rings is 1. The second kappa shape index (κ2) is 7.41. The lowest BCUT2D eigenvalue weighted by Crippen LogP contribution is -1.85. The van der Waals surface area contributed by atoms with Crippen molar-refractivity contribution in [2.75, 3.05) is 7.11 Å². The van der Waals surface area contributed by atoms with Gasteiger partial charge in [-0.1, -0.05) is 43.3 Å². The third-order valence-electron chi connectivity index (χ3n) is 4.47. The van der Waals surface area contributed by atoms with Crippen molar-refractivity contribution in [3.63, 3.8) is 0 Å². The fourth-order valence-corrected chi connectivity index (χ4v) is 3.05. The number of ether oxygens (including phenoxy) is 1. The molecule has 2 aromatic carbocycles. The molecule has 0 aliphatic rings. The highest BCUT2D eigenvalue weighted by Crippen LogP contribution is 2.34. The summed E-state index contributed by atoms with van der Waals surface area (Å²) in [5.74, 6) is 1.48. The van der Waals surface area contributed by atoms with E-state index in [0.717, 1.165) is 40.3 Å². The van der Waals surface area contributed by atoms with E-state index in [9.17, 15) is 0 Å². The van der Waals surface area contributed by atoms with E-state index in [1.807, 2.05) is 71.3 Å². The highest BCUT2D eigenvalue weighted by atomic mass is 16.5. The van der Waals surface area contributed by atoms with Gasteiger partial charge in [-0.3, -0.25) is 4.40 Å². The Balaban J connectivity index is 1.87. The third kappa shape index (κ3) is 3.31. The number of hydrogen-bond acceptors (Lipinski definition) is 4. The molecule has 27 heavy (non-hydrogen) atoms. The molecule has 0 bridgehead atoms. The van der Waals surface area contributed by atoms with Crippen LogP contribution in [0.5, 0.6) is 5.75 Å². The number of aromatic nitrogens is 2. The summed E-state index contributed by atoms with van der Waals surface area (Å²) in [4.78, 5) is 4.77. The normalized spacial score (nSPS) is 11.3. The maximum absolute atomic E-state index is 5.36. The number of hydrogen-bond donors (Lipinski definition) is 0. The van der Waals surface area contributed by atoms with Crippen molar-refractivity contribution < 1.29 is 4.74 Å². The first kappa shape index (κ1) is 17.0. The molecule has 0 aliphatic carbocycles. The average Bonchev–Trinajstić information content (AvgIpc) is 3.11. The number of nitrogens with zero attached hydrogens (tertiary/aromatic N) is 4. The zero-order valence-corrected chi connectivity index (χ0v) is 15.3. The van der Waals surface area contributed by atoms with E-state index in [-0.39, 0.29) is 0 Å². The van der Waals surface area contributed by atoms with Crippen molar-refractivity contribution in [3.05, 3.63) is 78.5 Å². The number of methoxy groups -OCH3 is 1. The molecule has 0 spiro atoms. The van der Waals surface area contributed by atoms with Crippen molar-refractivity contribution >= 4 is 17.2 Å². The second-order valence-corrected chi connectivity index (χ2v) is 6.13. The first-order valence-corrected chi connectivity index (χ1v) is 8.91. The smallest absolute Gasteiger partial charge is 0.187 e. The summed E-state index contributed by atoms with van der Waals surface area (Å²) in [6.45, 7) is 2.12. The van der Waals surface area contributed by atoms with E-state index in [1.54, 1.807) is 7.11 Å². The molecule has 2 aromatic heterocycles. The molecule has 0 N–H and O–H groups in total. The van der Waals surface area contributed by atoms with Crippen LogP contribution < -0.4 is 4.74 Å². The Morgan fingerprint density at radius 2 is 1.81 bits per heavy atom. The zero-order chi connectivity index (χ0) is 18.6. The van der Waals surface area contributed by atoms with Gasteiger partial charge in [-0.05, 0) is 42.3 Å². The lowest BCUT2D eigenvalue weighted by Gasteiger charge is -2.04. The van der Waals surface area contributed by atoms with Crippen LogP contribution in [-0.2, 0) is 6.42 Å². The van der Waals surface area contributed by atoms with E-state index < -0.39 is 0 Å². The van der Waals surface area contributed by atoms with Gasteiger partial charge in [0.25, 0.3) is 0 Å². The first-order chi connectivity index (χ1) is 13.3. The van der Waals surface area contributed by atoms with Crippen LogP contribution in [0.1, 0.15) is 12.5 Å². The summed E-state index contributed by atoms with van der Waals surface area (Å²) in [6.07, 6.45) is 2.86. The topological polar surface area (TPSA) is 51.2 Å². The van der Waals surface area contributed by atoms with Crippen LogP contribution in [-0.4, -0.2) is 16.5 Å². The molecule has 4 rings (SSSR count). The average molecular weight is 356 g/mol. The van der Waals surface area contributed by atoms with Gasteiger partial charge in [0.1, 0.15) is 17.1 Å². The van der Waals surface area contributed by atoms with Gasteiger partial charge in [-0.2, -0.15) is 0 Å². The van der Waals surface area contributed by atoms with Gasteiger partial charge in [0.2, 0.25) is 0 Å². The van der Waals surface area contributed by atoms with Crippen molar-refractivity contribution in [1.82, 2.24) is 9.38 Å².